The van der Waals surface area contributed by atoms with Crippen molar-refractivity contribution in [3.8, 4) is 0 Å². The number of rotatable bonds is 11. The SMILES string of the molecule is CC(COCc1ccc(C=O)o1)CC(C)OCc1ccc(C=O)o1. The Morgan fingerprint density at radius 2 is 1.54 bits per heavy atom. The molecule has 0 fully saturated rings. The molecule has 6 heteroatoms. The second-order valence-corrected chi connectivity index (χ2v) is 5.82. The number of aldehydes is 2. The Labute approximate surface area is 140 Å². The standard InChI is InChI=1S/C18H22O6/c1-13(10-21-11-17-5-3-15(8-19)23-17)7-14(2)22-12-18-6-4-16(9-20)24-18/h3-6,8-9,13-14H,7,10-12H2,1-2H3. The van der Waals surface area contributed by atoms with Gasteiger partial charge in [-0.15, -0.1) is 0 Å². The van der Waals surface area contributed by atoms with Crippen LogP contribution in [0, 0.1) is 5.92 Å². The molecule has 2 aromatic rings. The average Bonchev–Trinajstić information content (AvgIpc) is 3.21. The molecule has 2 unspecified atom stereocenters. The molecule has 0 N–H and O–H groups in total. The molecule has 130 valence electrons. The van der Waals surface area contributed by atoms with Crippen LogP contribution in [0.15, 0.2) is 33.1 Å². The van der Waals surface area contributed by atoms with Gasteiger partial charge in [0.25, 0.3) is 0 Å². The van der Waals surface area contributed by atoms with Crippen LogP contribution >= 0.6 is 0 Å². The third-order valence-corrected chi connectivity index (χ3v) is 3.49. The van der Waals surface area contributed by atoms with E-state index in [2.05, 4.69) is 6.92 Å². The molecule has 0 aliphatic heterocycles. The first kappa shape index (κ1) is 18.2. The fraction of sp³-hybridized carbons (Fsp3) is 0.444. The van der Waals surface area contributed by atoms with Crippen molar-refractivity contribution in [3.05, 3.63) is 47.3 Å². The Bertz CT molecular complexity index is 641. The minimum Gasteiger partial charge on any atom is -0.456 e. The van der Waals surface area contributed by atoms with E-state index in [1.807, 2.05) is 6.92 Å². The van der Waals surface area contributed by atoms with Gasteiger partial charge in [0.2, 0.25) is 0 Å². The summed E-state index contributed by atoms with van der Waals surface area (Å²) in [6.07, 6.45) is 2.21. The third kappa shape index (κ3) is 5.79. The molecule has 0 saturated heterocycles. The summed E-state index contributed by atoms with van der Waals surface area (Å²) in [7, 11) is 0. The van der Waals surface area contributed by atoms with Gasteiger partial charge < -0.3 is 18.3 Å². The highest BCUT2D eigenvalue weighted by Crippen LogP contribution is 2.14. The number of furan rings is 2. The van der Waals surface area contributed by atoms with Crippen LogP contribution < -0.4 is 0 Å². The van der Waals surface area contributed by atoms with E-state index in [9.17, 15) is 9.59 Å². The molecule has 0 spiro atoms. The summed E-state index contributed by atoms with van der Waals surface area (Å²) in [4.78, 5) is 21.1. The summed E-state index contributed by atoms with van der Waals surface area (Å²) >= 11 is 0. The van der Waals surface area contributed by atoms with E-state index in [-0.39, 0.29) is 6.10 Å². The van der Waals surface area contributed by atoms with Gasteiger partial charge in [-0.05, 0) is 43.5 Å². The van der Waals surface area contributed by atoms with Gasteiger partial charge in [-0.3, -0.25) is 9.59 Å². The summed E-state index contributed by atoms with van der Waals surface area (Å²) in [5.41, 5.74) is 0. The van der Waals surface area contributed by atoms with Gasteiger partial charge in [0.05, 0.1) is 6.10 Å². The minimum atomic E-state index is 0.0404. The molecule has 6 nitrogen and oxygen atoms in total. The first-order chi connectivity index (χ1) is 11.6. The number of carbonyl (C=O) groups excluding carboxylic acids is 2. The molecule has 0 saturated carbocycles. The molecule has 0 radical (unpaired) electrons. The summed E-state index contributed by atoms with van der Waals surface area (Å²) < 4.78 is 21.8. The predicted molar refractivity (Wildman–Crippen MR) is 85.9 cm³/mol. The predicted octanol–water partition coefficient (Wildman–Crippen LogP) is 3.65. The highest BCUT2D eigenvalue weighted by Gasteiger charge is 2.11. The second-order valence-electron chi connectivity index (χ2n) is 5.82. The molecule has 2 rings (SSSR count). The van der Waals surface area contributed by atoms with Gasteiger partial charge in [0.1, 0.15) is 24.7 Å². The number of hydrogen-bond acceptors (Lipinski definition) is 6. The van der Waals surface area contributed by atoms with Gasteiger partial charge in [0, 0.05) is 6.61 Å². The van der Waals surface area contributed by atoms with Gasteiger partial charge in [-0.1, -0.05) is 6.92 Å². The van der Waals surface area contributed by atoms with Crippen molar-refractivity contribution < 1.29 is 27.9 Å². The highest BCUT2D eigenvalue weighted by atomic mass is 16.5. The fourth-order valence-electron chi connectivity index (χ4n) is 2.36. The maximum atomic E-state index is 10.6. The first-order valence-electron chi connectivity index (χ1n) is 7.87. The topological polar surface area (TPSA) is 78.9 Å². The van der Waals surface area contributed by atoms with Gasteiger partial charge in [-0.25, -0.2) is 0 Å². The molecule has 0 amide bonds. The lowest BCUT2D eigenvalue weighted by Crippen LogP contribution is -2.16. The normalized spacial score (nSPS) is 13.6. The van der Waals surface area contributed by atoms with Crippen LogP contribution in [-0.4, -0.2) is 25.3 Å². The van der Waals surface area contributed by atoms with Crippen LogP contribution in [0.1, 0.15) is 52.9 Å². The van der Waals surface area contributed by atoms with Gasteiger partial charge in [-0.2, -0.15) is 0 Å². The van der Waals surface area contributed by atoms with Crippen LogP contribution in [-0.2, 0) is 22.7 Å². The van der Waals surface area contributed by atoms with Crippen LogP contribution in [0.3, 0.4) is 0 Å². The van der Waals surface area contributed by atoms with Crippen molar-refractivity contribution >= 4 is 12.6 Å². The maximum Gasteiger partial charge on any atom is 0.185 e. The molecule has 0 aromatic carbocycles. The lowest BCUT2D eigenvalue weighted by Gasteiger charge is -2.17. The van der Waals surface area contributed by atoms with Crippen LogP contribution in [0.5, 0.6) is 0 Å². The van der Waals surface area contributed by atoms with E-state index in [0.29, 0.717) is 61.4 Å². The Morgan fingerprint density at radius 3 is 2.08 bits per heavy atom. The second kappa shape index (κ2) is 9.20. The zero-order valence-electron chi connectivity index (χ0n) is 13.9. The lowest BCUT2D eigenvalue weighted by atomic mass is 10.1. The maximum absolute atomic E-state index is 10.6. The number of carbonyl (C=O) groups is 2. The summed E-state index contributed by atoms with van der Waals surface area (Å²) in [5.74, 6) is 2.19. The Hall–Kier alpha value is -2.18. The number of hydrogen-bond donors (Lipinski definition) is 0. The zero-order chi connectivity index (χ0) is 17.4. The quantitative estimate of drug-likeness (QED) is 0.584. The summed E-state index contributed by atoms with van der Waals surface area (Å²) in [5, 5.41) is 0. The van der Waals surface area contributed by atoms with Gasteiger partial charge >= 0.3 is 0 Å². The van der Waals surface area contributed by atoms with E-state index in [0.717, 1.165) is 6.42 Å². The molecule has 24 heavy (non-hydrogen) atoms. The van der Waals surface area contributed by atoms with Crippen molar-refractivity contribution in [3.63, 3.8) is 0 Å². The van der Waals surface area contributed by atoms with Gasteiger partial charge in [0.15, 0.2) is 24.1 Å². The van der Waals surface area contributed by atoms with E-state index >= 15 is 0 Å². The Kier molecular flexibility index (Phi) is 6.96. The third-order valence-electron chi connectivity index (χ3n) is 3.49. The molecule has 0 bridgehead atoms. The van der Waals surface area contributed by atoms with Crippen LogP contribution in [0.4, 0.5) is 0 Å². The van der Waals surface area contributed by atoms with Crippen molar-refractivity contribution in [2.45, 2.75) is 39.6 Å². The fourth-order valence-corrected chi connectivity index (χ4v) is 2.36. The zero-order valence-corrected chi connectivity index (χ0v) is 13.9. The Balaban J connectivity index is 1.62. The van der Waals surface area contributed by atoms with E-state index in [1.165, 1.54) is 0 Å². The van der Waals surface area contributed by atoms with Crippen LogP contribution in [0.2, 0.25) is 0 Å². The van der Waals surface area contributed by atoms with E-state index in [1.54, 1.807) is 24.3 Å². The lowest BCUT2D eigenvalue weighted by molar-refractivity contribution is 0.0108. The Morgan fingerprint density at radius 1 is 0.958 bits per heavy atom. The van der Waals surface area contributed by atoms with Crippen molar-refractivity contribution in [2.24, 2.45) is 5.92 Å². The number of ether oxygens (including phenoxy) is 2. The molecule has 2 aromatic heterocycles. The molecule has 2 heterocycles. The summed E-state index contributed by atoms with van der Waals surface area (Å²) in [6, 6.07) is 6.71. The molecule has 0 aliphatic rings. The van der Waals surface area contributed by atoms with Crippen molar-refractivity contribution in [1.29, 1.82) is 0 Å². The monoisotopic (exact) mass is 334 g/mol. The molecular weight excluding hydrogens is 312 g/mol. The molecule has 0 aliphatic carbocycles. The largest absolute Gasteiger partial charge is 0.456 e. The average molecular weight is 334 g/mol. The van der Waals surface area contributed by atoms with E-state index < -0.39 is 0 Å². The van der Waals surface area contributed by atoms with Crippen molar-refractivity contribution in [2.75, 3.05) is 6.61 Å². The van der Waals surface area contributed by atoms with Crippen LogP contribution in [0.25, 0.3) is 0 Å². The smallest absolute Gasteiger partial charge is 0.185 e. The first-order valence-corrected chi connectivity index (χ1v) is 7.87. The highest BCUT2D eigenvalue weighted by molar-refractivity contribution is 5.70. The molecule has 2 atom stereocenters. The van der Waals surface area contributed by atoms with Crippen molar-refractivity contribution in [1.82, 2.24) is 0 Å². The summed E-state index contributed by atoms with van der Waals surface area (Å²) in [6.45, 7) is 5.32. The van der Waals surface area contributed by atoms with E-state index in [4.69, 9.17) is 18.3 Å². The molecular formula is C18H22O6. The minimum absolute atomic E-state index is 0.0404.